The summed E-state index contributed by atoms with van der Waals surface area (Å²) in [6.45, 7) is 0. The second-order valence-corrected chi connectivity index (χ2v) is 7.94. The minimum Gasteiger partial charge on any atom is -0.232 e. The predicted octanol–water partition coefficient (Wildman–Crippen LogP) is 3.68. The number of aryl methyl sites for hydroxylation is 2. The van der Waals surface area contributed by atoms with E-state index < -0.39 is 0 Å². The van der Waals surface area contributed by atoms with Crippen LogP contribution in [0, 0.1) is 0 Å². The highest BCUT2D eigenvalue weighted by Crippen LogP contribution is 2.23. The first-order valence-electron chi connectivity index (χ1n) is 10.6. The zero-order chi connectivity index (χ0) is 21.7. The molecule has 0 saturated carbocycles. The maximum Gasteiger partial charge on any atom is 0.251 e. The van der Waals surface area contributed by atoms with Gasteiger partial charge in [0, 0.05) is 5.56 Å². The predicted molar refractivity (Wildman–Crippen MR) is 123 cm³/mol. The Balaban J connectivity index is 1.65. The van der Waals surface area contributed by atoms with Crippen molar-refractivity contribution in [1.29, 1.82) is 0 Å². The molecule has 0 unspecified atom stereocenters. The van der Waals surface area contributed by atoms with Crippen LogP contribution in [-0.2, 0) is 14.1 Å². The smallest absolute Gasteiger partial charge is 0.232 e. The molecule has 0 aliphatic heterocycles. The second-order valence-electron chi connectivity index (χ2n) is 7.94. The van der Waals surface area contributed by atoms with Gasteiger partial charge in [-0.1, -0.05) is 54.6 Å². The number of aromatic nitrogens is 6. The van der Waals surface area contributed by atoms with Crippen molar-refractivity contribution >= 4 is 22.1 Å². The zero-order valence-corrected chi connectivity index (χ0v) is 17.9. The lowest BCUT2D eigenvalue weighted by Crippen LogP contribution is -2.25. The minimum absolute atomic E-state index is 0.693. The number of rotatable bonds is 3. The summed E-state index contributed by atoms with van der Waals surface area (Å²) in [6.07, 6.45) is 4.14. The summed E-state index contributed by atoms with van der Waals surface area (Å²) in [5.41, 5.74) is 5.47. The van der Waals surface area contributed by atoms with E-state index in [-0.39, 0.29) is 0 Å². The molecule has 0 aliphatic rings. The zero-order valence-electron chi connectivity index (χ0n) is 17.9. The van der Waals surface area contributed by atoms with Crippen LogP contribution in [0.15, 0.2) is 97.6 Å². The lowest BCUT2D eigenvalue weighted by atomic mass is 10.2. The fourth-order valence-corrected chi connectivity index (χ4v) is 4.28. The maximum absolute atomic E-state index is 4.97. The molecule has 3 heterocycles. The Hall–Kier alpha value is -4.32. The van der Waals surface area contributed by atoms with Crippen molar-refractivity contribution in [3.8, 4) is 23.0 Å². The van der Waals surface area contributed by atoms with E-state index in [1.165, 1.54) is 0 Å². The molecular weight excluding hydrogens is 396 g/mol. The van der Waals surface area contributed by atoms with Gasteiger partial charge in [0.15, 0.2) is 27.9 Å². The van der Waals surface area contributed by atoms with Gasteiger partial charge in [0.1, 0.15) is 0 Å². The van der Waals surface area contributed by atoms with Crippen molar-refractivity contribution in [2.45, 2.75) is 0 Å². The molecule has 6 aromatic rings. The average molecular weight is 419 g/mol. The van der Waals surface area contributed by atoms with Crippen LogP contribution >= 0.6 is 0 Å². The van der Waals surface area contributed by atoms with E-state index in [0.29, 0.717) is 5.82 Å². The molecule has 6 rings (SSSR count). The quantitative estimate of drug-likeness (QED) is 0.412. The van der Waals surface area contributed by atoms with Crippen LogP contribution in [0.1, 0.15) is 0 Å². The SMILES string of the molecule is C[n+]1cn(-c2cc(-n3c[n+](C)c4ccccc43)nc(-c3ccccc3)n2)c2ccccc21. The number of imidazole rings is 2. The minimum atomic E-state index is 0.693. The third kappa shape index (κ3) is 2.88. The topological polar surface area (TPSA) is 43.4 Å². The molecule has 0 radical (unpaired) electrons. The highest BCUT2D eigenvalue weighted by Gasteiger charge is 2.22. The van der Waals surface area contributed by atoms with Gasteiger partial charge in [-0.05, 0) is 24.3 Å². The third-order valence-electron chi connectivity index (χ3n) is 5.84. The second kappa shape index (κ2) is 7.13. The molecule has 0 bridgehead atoms. The van der Waals surface area contributed by atoms with Crippen LogP contribution in [-0.4, -0.2) is 19.1 Å². The molecule has 0 aliphatic carbocycles. The van der Waals surface area contributed by atoms with E-state index in [9.17, 15) is 0 Å². The monoisotopic (exact) mass is 418 g/mol. The standard InChI is InChI=1S/C26H22N6/c1-29-17-31(22-14-8-6-12-20(22)29)24-16-25(28-26(27-24)19-10-4-3-5-11-19)32-18-30(2)21-13-7-9-15-23(21)32/h3-18H,1-2H3/q+2. The van der Waals surface area contributed by atoms with Crippen LogP contribution in [0.25, 0.3) is 45.1 Å². The van der Waals surface area contributed by atoms with Gasteiger partial charge in [-0.3, -0.25) is 0 Å². The first-order chi connectivity index (χ1) is 15.7. The summed E-state index contributed by atoms with van der Waals surface area (Å²) in [7, 11) is 4.11. The molecule has 6 nitrogen and oxygen atoms in total. The Bertz CT molecular complexity index is 1500. The number of fused-ring (bicyclic) bond motifs is 2. The lowest BCUT2D eigenvalue weighted by Gasteiger charge is -2.05. The van der Waals surface area contributed by atoms with Crippen LogP contribution in [0.2, 0.25) is 0 Å². The molecular formula is C26H22N6+2. The molecule has 0 N–H and O–H groups in total. The fraction of sp³-hybridized carbons (Fsp3) is 0.0769. The summed E-state index contributed by atoms with van der Waals surface area (Å²) in [5, 5.41) is 0. The highest BCUT2D eigenvalue weighted by atomic mass is 15.2. The van der Waals surface area contributed by atoms with E-state index in [1.807, 2.05) is 36.4 Å². The van der Waals surface area contributed by atoms with E-state index in [2.05, 4.69) is 93.5 Å². The van der Waals surface area contributed by atoms with Crippen LogP contribution < -0.4 is 9.13 Å². The van der Waals surface area contributed by atoms with Gasteiger partial charge in [-0.25, -0.2) is 9.13 Å². The summed E-state index contributed by atoms with van der Waals surface area (Å²) < 4.78 is 8.48. The van der Waals surface area contributed by atoms with Gasteiger partial charge in [0.25, 0.3) is 12.7 Å². The molecule has 0 saturated heterocycles. The van der Waals surface area contributed by atoms with Crippen molar-refractivity contribution in [3.63, 3.8) is 0 Å². The molecule has 0 amide bonds. The summed E-state index contributed by atoms with van der Waals surface area (Å²) in [5.74, 6) is 2.34. The third-order valence-corrected chi connectivity index (χ3v) is 5.84. The Morgan fingerprint density at radius 1 is 0.594 bits per heavy atom. The van der Waals surface area contributed by atoms with Crippen molar-refractivity contribution < 1.29 is 9.13 Å². The largest absolute Gasteiger partial charge is 0.251 e. The van der Waals surface area contributed by atoms with Crippen LogP contribution in [0.3, 0.4) is 0 Å². The lowest BCUT2D eigenvalue weighted by molar-refractivity contribution is -0.645. The van der Waals surface area contributed by atoms with Crippen molar-refractivity contribution in [1.82, 2.24) is 19.1 Å². The van der Waals surface area contributed by atoms with E-state index >= 15 is 0 Å². The summed E-state index contributed by atoms with van der Waals surface area (Å²) in [6, 6.07) is 28.9. The fourth-order valence-electron chi connectivity index (χ4n) is 4.28. The molecule has 6 heteroatoms. The molecule has 3 aromatic carbocycles. The molecule has 0 fully saturated rings. The molecule has 0 spiro atoms. The highest BCUT2D eigenvalue weighted by molar-refractivity contribution is 5.75. The Labute approximate surface area is 185 Å². The number of nitrogens with zero attached hydrogens (tertiary/aromatic N) is 6. The van der Waals surface area contributed by atoms with Crippen LogP contribution in [0.4, 0.5) is 0 Å². The van der Waals surface area contributed by atoms with Crippen molar-refractivity contribution in [2.24, 2.45) is 14.1 Å². The number of hydrogen-bond acceptors (Lipinski definition) is 2. The Morgan fingerprint density at radius 2 is 1.06 bits per heavy atom. The Kier molecular flexibility index (Phi) is 4.11. The Morgan fingerprint density at radius 3 is 1.59 bits per heavy atom. The van der Waals surface area contributed by atoms with Gasteiger partial charge in [0.05, 0.1) is 20.2 Å². The van der Waals surface area contributed by atoms with Crippen molar-refractivity contribution in [2.75, 3.05) is 0 Å². The van der Waals surface area contributed by atoms with Gasteiger partial charge >= 0.3 is 0 Å². The van der Waals surface area contributed by atoms with Gasteiger partial charge in [-0.2, -0.15) is 19.1 Å². The van der Waals surface area contributed by atoms with Crippen molar-refractivity contribution in [3.05, 3.63) is 97.6 Å². The number of para-hydroxylation sites is 4. The van der Waals surface area contributed by atoms with Gasteiger partial charge in [-0.15, -0.1) is 0 Å². The summed E-state index contributed by atoms with van der Waals surface area (Å²) in [4.78, 5) is 9.94. The van der Waals surface area contributed by atoms with Gasteiger partial charge < -0.3 is 0 Å². The first kappa shape index (κ1) is 18.4. The van der Waals surface area contributed by atoms with E-state index in [0.717, 1.165) is 39.3 Å². The number of benzene rings is 3. The maximum atomic E-state index is 4.97. The van der Waals surface area contributed by atoms with E-state index in [4.69, 9.17) is 9.97 Å². The molecule has 32 heavy (non-hydrogen) atoms. The molecule has 0 atom stereocenters. The molecule has 154 valence electrons. The van der Waals surface area contributed by atoms with Crippen LogP contribution in [0.5, 0.6) is 0 Å². The van der Waals surface area contributed by atoms with Gasteiger partial charge in [0.2, 0.25) is 11.6 Å². The molecule has 3 aromatic heterocycles. The normalized spacial score (nSPS) is 11.4. The summed E-state index contributed by atoms with van der Waals surface area (Å²) >= 11 is 0. The average Bonchev–Trinajstić information content (AvgIpc) is 3.37. The number of hydrogen-bond donors (Lipinski definition) is 0. The first-order valence-corrected chi connectivity index (χ1v) is 10.6. The van der Waals surface area contributed by atoms with E-state index in [1.54, 1.807) is 0 Å².